The third-order valence-electron chi connectivity index (χ3n) is 17.3. The highest BCUT2D eigenvalue weighted by molar-refractivity contribution is 7.23. The summed E-state index contributed by atoms with van der Waals surface area (Å²) in [6.07, 6.45) is 14.6. The van der Waals surface area contributed by atoms with Crippen LogP contribution < -0.4 is 18.9 Å². The summed E-state index contributed by atoms with van der Waals surface area (Å²) in [7, 11) is 1.69. The van der Waals surface area contributed by atoms with Gasteiger partial charge in [0.1, 0.15) is 77.5 Å². The number of hydrogen-bond acceptors (Lipinski definition) is 26. The number of nitrogens with zero attached hydrogens (tertiary/aromatic N) is 4. The lowest BCUT2D eigenvalue weighted by molar-refractivity contribution is -0.132. The van der Waals surface area contributed by atoms with Crippen LogP contribution in [0.15, 0.2) is 234 Å². The first kappa shape index (κ1) is 83.2. The van der Waals surface area contributed by atoms with Crippen LogP contribution in [0, 0.1) is 20.8 Å². The molecule has 0 radical (unpaired) electrons. The van der Waals surface area contributed by atoms with Crippen LogP contribution in [0.25, 0.3) is 64.6 Å². The number of fused-ring (bicyclic) bond motifs is 4. The molecular weight excluding hydrogens is 1650 g/mol. The predicted molar refractivity (Wildman–Crippen MR) is 461 cm³/mol. The first-order valence-electron chi connectivity index (χ1n) is 35.5. The molecule has 8 aromatic heterocycles. The third kappa shape index (κ3) is 20.0. The van der Waals surface area contributed by atoms with Crippen molar-refractivity contribution < 1.29 is 103 Å². The van der Waals surface area contributed by atoms with Gasteiger partial charge < -0.3 is 64.2 Å². The Hall–Kier alpha value is -14.7. The second kappa shape index (κ2) is 37.0. The number of phenols is 4. The van der Waals surface area contributed by atoms with Crippen LogP contribution in [0.3, 0.4) is 0 Å². The van der Waals surface area contributed by atoms with Gasteiger partial charge in [0.15, 0.2) is 28.0 Å². The molecule has 0 aliphatic carbocycles. The second-order valence-electron chi connectivity index (χ2n) is 25.8. The summed E-state index contributed by atoms with van der Waals surface area (Å²) in [5, 5.41) is 83.3. The number of phenolic OH excluding ortho intramolecular Hbond substituents is 4. The predicted octanol–water partition coefficient (Wildman–Crippen LogP) is 21.1. The van der Waals surface area contributed by atoms with Crippen LogP contribution in [-0.4, -0.2) is 108 Å². The normalized spacial score (nSPS) is 11.2. The van der Waals surface area contributed by atoms with Crippen molar-refractivity contribution in [2.75, 3.05) is 0 Å². The van der Waals surface area contributed by atoms with Crippen molar-refractivity contribution in [2.24, 2.45) is 7.05 Å². The number of benzene rings is 8. The lowest BCUT2D eigenvalue weighted by Gasteiger charge is -2.08. The monoisotopic (exact) mass is 1710 g/mol. The largest absolute Gasteiger partial charge is 0.508 e. The van der Waals surface area contributed by atoms with Crippen molar-refractivity contribution in [1.29, 1.82) is 0 Å². The Kier molecular flexibility index (Phi) is 25.7. The van der Waals surface area contributed by atoms with E-state index in [9.17, 15) is 58.8 Å². The molecule has 0 amide bonds. The van der Waals surface area contributed by atoms with E-state index in [1.165, 1.54) is 110 Å². The molecular formula is C89H62N4O21S6. The number of aromatic nitrogens is 4. The third-order valence-corrected chi connectivity index (χ3v) is 23.7. The number of carbonyl (C=O) groups is 8. The van der Waals surface area contributed by atoms with E-state index in [1.807, 2.05) is 12.3 Å². The zero-order chi connectivity index (χ0) is 85.0. The maximum absolute atomic E-state index is 13.2. The fourth-order valence-electron chi connectivity index (χ4n) is 11.6. The van der Waals surface area contributed by atoms with Gasteiger partial charge in [-0.25, -0.2) is 29.1 Å². The van der Waals surface area contributed by atoms with Gasteiger partial charge in [0.05, 0.1) is 27.9 Å². The molecule has 600 valence electrons. The van der Waals surface area contributed by atoms with E-state index >= 15 is 0 Å². The van der Waals surface area contributed by atoms with Crippen LogP contribution in [0.2, 0.25) is 0 Å². The van der Waals surface area contributed by atoms with E-state index in [1.54, 1.807) is 209 Å². The number of carboxylic acids is 4. The molecule has 8 heterocycles. The van der Waals surface area contributed by atoms with E-state index in [-0.39, 0.29) is 46.1 Å². The number of carboxylic acid groups (broad SMARTS) is 4. The van der Waals surface area contributed by atoms with Crippen molar-refractivity contribution in [1.82, 2.24) is 19.7 Å². The van der Waals surface area contributed by atoms with Crippen LogP contribution in [0.1, 0.15) is 99.0 Å². The number of ketones is 4. The van der Waals surface area contributed by atoms with Gasteiger partial charge in [-0.1, -0.05) is 48.5 Å². The summed E-state index contributed by atoms with van der Waals surface area (Å²) in [5.74, 6) is -0.933. The number of thiazole rings is 2. The van der Waals surface area contributed by atoms with E-state index < -0.39 is 23.9 Å². The van der Waals surface area contributed by atoms with Crippen molar-refractivity contribution in [3.63, 3.8) is 0 Å². The molecule has 0 bridgehead atoms. The Balaban J connectivity index is 0.000000138. The Morgan fingerprint density at radius 1 is 0.400 bits per heavy atom. The zero-order valence-corrected chi connectivity index (χ0v) is 67.8. The lowest BCUT2D eigenvalue weighted by atomic mass is 10.1. The number of aryl methyl sites for hydroxylation is 4. The van der Waals surface area contributed by atoms with Gasteiger partial charge in [-0.05, 0) is 200 Å². The van der Waals surface area contributed by atoms with E-state index in [0.29, 0.717) is 131 Å². The van der Waals surface area contributed by atoms with Crippen molar-refractivity contribution >= 4 is 180 Å². The average molecular weight is 1720 g/mol. The number of rotatable bonds is 24. The maximum Gasteiger partial charge on any atom is 0.328 e. The molecule has 0 aliphatic rings. The minimum absolute atomic E-state index is 0.100. The highest BCUT2D eigenvalue weighted by atomic mass is 32.1. The number of carbonyl (C=O) groups excluding carboxylic acids is 4. The molecule has 0 saturated carbocycles. The summed E-state index contributed by atoms with van der Waals surface area (Å²) in [6, 6.07) is 48.4. The number of hydrogen-bond donors (Lipinski definition) is 8. The molecule has 31 heteroatoms. The summed E-state index contributed by atoms with van der Waals surface area (Å²) >= 11 is 7.51. The van der Waals surface area contributed by atoms with Gasteiger partial charge in [0.2, 0.25) is 23.1 Å². The Morgan fingerprint density at radius 2 is 0.742 bits per heavy atom. The topological polar surface area (TPSA) is 392 Å². The first-order chi connectivity index (χ1) is 57.7. The van der Waals surface area contributed by atoms with Crippen LogP contribution in [-0.2, 0) is 26.2 Å². The minimum atomic E-state index is -1.03. The number of furan rings is 1. The Morgan fingerprint density at radius 3 is 1.03 bits per heavy atom. The Labute approximate surface area is 703 Å². The number of ether oxygens (including phenoxy) is 4. The average Bonchev–Trinajstić information content (AvgIpc) is 1.64. The standard InChI is InChI=1S/C23H16O6S.C22H16N2O5S.2C22H15NO5S2/c1-13-11-28-12-18(13)21(27)23-22(17-8-5-15(24)10-19(17)30-23)29-16-6-2-14(3-7-16)4-9-20(25)26;1-24-17(10-11-23-24)20(28)22-21(16-8-5-14(25)12-18(16)30-22)29-15-6-2-13(3-7-15)4-9-19(26)27;1-12-21(29-11-23-12)19(27)22-20(16-8-5-14(24)10-17(16)30-22)28-15-6-2-13(3-7-15)4-9-18(25)26;1-12-11-29-22(23-12)19(27)21-20(16-8-5-14(24)10-17(16)30-21)28-15-6-2-13(3-7-15)4-9-18(25)26/h2-12,24H,1H3,(H,25,26);2-12,25H,1H3,(H,26,27);2*2-11,24H,1H3,(H,25,26)/b4*9-4+. The molecule has 16 aromatic rings. The second-order valence-corrected chi connectivity index (χ2v) is 31.7. The fraction of sp³-hybridized carbons (Fsp3) is 0.0449. The number of aliphatic carboxylic acids is 4. The molecule has 8 N–H and O–H groups in total. The van der Waals surface area contributed by atoms with Gasteiger partial charge >= 0.3 is 23.9 Å². The fourth-order valence-corrected chi connectivity index (χ4v) is 17.6. The SMILES string of the molecule is Cc1cocc1C(=O)c1sc2cc(O)ccc2c1Oc1ccc(/C=C/C(=O)O)cc1.Cc1csc(C(=O)c2sc3cc(O)ccc3c2Oc2ccc(/C=C/C(=O)O)cc2)n1.Cc1ncsc1C(=O)c1sc2cc(O)ccc2c1Oc1ccc(/C=C/C(=O)O)cc1.Cn1nccc1C(=O)c1sc2cc(O)ccc2c1Oc1ccc(/C=C/C(=O)O)cc1. The van der Waals surface area contributed by atoms with Crippen molar-refractivity contribution in [2.45, 2.75) is 20.8 Å². The van der Waals surface area contributed by atoms with Crippen molar-refractivity contribution in [3.05, 3.63) is 310 Å². The van der Waals surface area contributed by atoms with Gasteiger partial charge in [-0.2, -0.15) is 5.10 Å². The highest BCUT2D eigenvalue weighted by Crippen LogP contribution is 2.48. The summed E-state index contributed by atoms with van der Waals surface area (Å²) < 4.78 is 33.9. The quantitative estimate of drug-likeness (QED) is 0.0206. The minimum Gasteiger partial charge on any atom is -0.508 e. The maximum atomic E-state index is 13.2. The smallest absolute Gasteiger partial charge is 0.328 e. The van der Waals surface area contributed by atoms with Gasteiger partial charge in [-0.3, -0.25) is 23.9 Å². The first-order valence-corrected chi connectivity index (χ1v) is 40.5. The zero-order valence-electron chi connectivity index (χ0n) is 62.9. The molecule has 120 heavy (non-hydrogen) atoms. The molecule has 0 aliphatic heterocycles. The number of thiophene rings is 4. The number of aromatic hydroxyl groups is 4. The summed E-state index contributed by atoms with van der Waals surface area (Å²) in [6.45, 7) is 5.40. The molecule has 8 aromatic carbocycles. The van der Waals surface area contributed by atoms with Gasteiger partial charge in [-0.15, -0.1) is 68.0 Å². The molecule has 0 unspecified atom stereocenters. The van der Waals surface area contributed by atoms with E-state index in [2.05, 4.69) is 15.1 Å². The highest BCUT2D eigenvalue weighted by Gasteiger charge is 2.29. The van der Waals surface area contributed by atoms with Crippen molar-refractivity contribution in [3.8, 4) is 69.0 Å². The van der Waals surface area contributed by atoms with Crippen LogP contribution in [0.4, 0.5) is 0 Å². The van der Waals surface area contributed by atoms with Crippen LogP contribution in [0.5, 0.6) is 69.0 Å². The molecule has 0 spiro atoms. The molecule has 25 nitrogen and oxygen atoms in total. The van der Waals surface area contributed by atoms with Gasteiger partial charge in [0.25, 0.3) is 0 Å². The lowest BCUT2D eigenvalue weighted by Crippen LogP contribution is -2.07. The van der Waals surface area contributed by atoms with Gasteiger partial charge in [0, 0.05) is 89.0 Å². The van der Waals surface area contributed by atoms with E-state index in [4.69, 9.17) is 43.8 Å². The van der Waals surface area contributed by atoms with Crippen LogP contribution >= 0.6 is 68.0 Å². The molecule has 16 rings (SSSR count). The molecule has 0 fully saturated rings. The summed E-state index contributed by atoms with van der Waals surface area (Å²) in [4.78, 5) is 106. The molecule has 0 saturated heterocycles. The summed E-state index contributed by atoms with van der Waals surface area (Å²) in [5.41, 5.74) is 7.48. The Bertz CT molecular complexity index is 6270. The van der Waals surface area contributed by atoms with E-state index in [0.717, 1.165) is 59.7 Å². The molecule has 0 atom stereocenters.